The molecule has 0 aliphatic carbocycles. The van der Waals surface area contributed by atoms with Crippen LogP contribution in [0.3, 0.4) is 0 Å². The molecule has 29 heavy (non-hydrogen) atoms. The summed E-state index contributed by atoms with van der Waals surface area (Å²) in [5, 5.41) is 5.51. The van der Waals surface area contributed by atoms with Gasteiger partial charge in [-0.2, -0.15) is 5.10 Å². The molecule has 1 aromatic carbocycles. The summed E-state index contributed by atoms with van der Waals surface area (Å²) < 4.78 is 32.7. The van der Waals surface area contributed by atoms with E-state index < -0.39 is 23.3 Å². The highest BCUT2D eigenvalue weighted by molar-refractivity contribution is 5.82. The lowest BCUT2D eigenvalue weighted by molar-refractivity contribution is -0.141. The van der Waals surface area contributed by atoms with Crippen LogP contribution in [0.4, 0.5) is 13.6 Å². The first-order valence-corrected chi connectivity index (χ1v) is 9.84. The number of piperidine rings is 1. The van der Waals surface area contributed by atoms with Crippen LogP contribution in [0.2, 0.25) is 0 Å². The standard InChI is InChI=1S/C21H27F2N3O3/c1-13-12-25(20(28)29-21(2,3)4)8-6-17(13)19(27)26-18(5-7-24-26)14-9-15(22)11-16(23)10-14/h7,9-11,13,17-18H,5-6,8,12H2,1-4H3/t13-,17+,18?/m1/s1. The topological polar surface area (TPSA) is 62.2 Å². The largest absolute Gasteiger partial charge is 0.444 e. The first kappa shape index (κ1) is 21.2. The zero-order valence-electron chi connectivity index (χ0n) is 17.2. The number of benzene rings is 1. The minimum atomic E-state index is -0.682. The molecule has 1 unspecified atom stereocenters. The van der Waals surface area contributed by atoms with Gasteiger partial charge in [0.2, 0.25) is 5.91 Å². The van der Waals surface area contributed by atoms with Crippen molar-refractivity contribution >= 4 is 18.2 Å². The summed E-state index contributed by atoms with van der Waals surface area (Å²) in [6.07, 6.45) is 2.09. The summed E-state index contributed by atoms with van der Waals surface area (Å²) in [4.78, 5) is 27.1. The van der Waals surface area contributed by atoms with Gasteiger partial charge in [0.1, 0.15) is 17.2 Å². The summed E-state index contributed by atoms with van der Waals surface area (Å²) in [5.74, 6) is -1.98. The van der Waals surface area contributed by atoms with E-state index in [1.165, 1.54) is 17.1 Å². The molecule has 158 valence electrons. The van der Waals surface area contributed by atoms with Gasteiger partial charge in [0, 0.05) is 37.7 Å². The fourth-order valence-electron chi connectivity index (χ4n) is 3.85. The number of carbonyl (C=O) groups is 2. The lowest BCUT2D eigenvalue weighted by atomic mass is 9.85. The van der Waals surface area contributed by atoms with Crippen molar-refractivity contribution in [2.45, 2.75) is 52.2 Å². The van der Waals surface area contributed by atoms with Gasteiger partial charge in [-0.05, 0) is 50.8 Å². The highest BCUT2D eigenvalue weighted by atomic mass is 19.1. The molecule has 2 aliphatic rings. The summed E-state index contributed by atoms with van der Waals surface area (Å²) in [6, 6.07) is 2.75. The summed E-state index contributed by atoms with van der Waals surface area (Å²) in [7, 11) is 0. The first-order valence-electron chi connectivity index (χ1n) is 9.84. The first-order chi connectivity index (χ1) is 13.5. The monoisotopic (exact) mass is 407 g/mol. The van der Waals surface area contributed by atoms with Crippen LogP contribution in [-0.4, -0.2) is 46.8 Å². The average molecular weight is 407 g/mol. The van der Waals surface area contributed by atoms with Crippen molar-refractivity contribution in [3.8, 4) is 0 Å². The van der Waals surface area contributed by atoms with Gasteiger partial charge in [-0.25, -0.2) is 18.6 Å². The van der Waals surface area contributed by atoms with E-state index in [1.54, 1.807) is 11.1 Å². The van der Waals surface area contributed by atoms with Crippen LogP contribution in [0.1, 0.15) is 52.1 Å². The molecule has 1 saturated heterocycles. The molecule has 0 N–H and O–H groups in total. The smallest absolute Gasteiger partial charge is 0.410 e. The molecule has 3 atom stereocenters. The van der Waals surface area contributed by atoms with E-state index in [2.05, 4.69) is 5.10 Å². The zero-order chi connectivity index (χ0) is 21.3. The van der Waals surface area contributed by atoms with E-state index in [4.69, 9.17) is 4.74 Å². The Bertz CT molecular complexity index is 802. The van der Waals surface area contributed by atoms with Crippen LogP contribution in [-0.2, 0) is 9.53 Å². The Morgan fingerprint density at radius 2 is 1.83 bits per heavy atom. The Morgan fingerprint density at radius 1 is 1.17 bits per heavy atom. The summed E-state index contributed by atoms with van der Waals surface area (Å²) in [6.45, 7) is 8.16. The molecule has 2 aliphatic heterocycles. The van der Waals surface area contributed by atoms with E-state index in [-0.39, 0.29) is 23.8 Å². The SMILES string of the molecule is C[C@@H]1CN(C(=O)OC(C)(C)C)CC[C@@H]1C(=O)N1N=CCC1c1cc(F)cc(F)c1. The highest BCUT2D eigenvalue weighted by Crippen LogP contribution is 2.34. The maximum atomic E-state index is 13.6. The van der Waals surface area contributed by atoms with Crippen molar-refractivity contribution in [1.29, 1.82) is 0 Å². The molecule has 0 radical (unpaired) electrons. The van der Waals surface area contributed by atoms with Gasteiger partial charge in [-0.3, -0.25) is 4.79 Å². The van der Waals surface area contributed by atoms with E-state index in [0.717, 1.165) is 6.07 Å². The third-order valence-electron chi connectivity index (χ3n) is 5.20. The lowest BCUT2D eigenvalue weighted by Gasteiger charge is -2.38. The van der Waals surface area contributed by atoms with Crippen molar-refractivity contribution in [2.75, 3.05) is 13.1 Å². The third kappa shape index (κ3) is 4.92. The molecule has 8 heteroatoms. The Morgan fingerprint density at radius 3 is 2.41 bits per heavy atom. The minimum absolute atomic E-state index is 0.0931. The fraction of sp³-hybridized carbons (Fsp3) is 0.571. The molecule has 0 bridgehead atoms. The molecule has 3 rings (SSSR count). The molecule has 2 heterocycles. The number of halogens is 2. The van der Waals surface area contributed by atoms with Gasteiger partial charge in [-0.15, -0.1) is 0 Å². The zero-order valence-corrected chi connectivity index (χ0v) is 17.2. The van der Waals surface area contributed by atoms with E-state index in [9.17, 15) is 18.4 Å². The maximum Gasteiger partial charge on any atom is 0.410 e. The van der Waals surface area contributed by atoms with Crippen LogP contribution in [0.5, 0.6) is 0 Å². The Kier molecular flexibility index (Phi) is 5.91. The van der Waals surface area contributed by atoms with Gasteiger partial charge in [0.15, 0.2) is 0 Å². The van der Waals surface area contributed by atoms with E-state index in [0.29, 0.717) is 31.5 Å². The number of hydrogen-bond acceptors (Lipinski definition) is 4. The molecule has 0 spiro atoms. The molecular weight excluding hydrogens is 380 g/mol. The van der Waals surface area contributed by atoms with Crippen molar-refractivity contribution in [3.05, 3.63) is 35.4 Å². The quantitative estimate of drug-likeness (QED) is 0.741. The minimum Gasteiger partial charge on any atom is -0.444 e. The lowest BCUT2D eigenvalue weighted by Crippen LogP contribution is -2.49. The number of carbonyl (C=O) groups excluding carboxylic acids is 2. The Balaban J connectivity index is 1.68. The molecular formula is C21H27F2N3O3. The second-order valence-corrected chi connectivity index (χ2v) is 8.73. The number of amides is 2. The number of hydrogen-bond donors (Lipinski definition) is 0. The molecule has 0 saturated carbocycles. The average Bonchev–Trinajstić information content (AvgIpc) is 3.08. The highest BCUT2D eigenvalue weighted by Gasteiger charge is 2.40. The van der Waals surface area contributed by atoms with Gasteiger partial charge in [-0.1, -0.05) is 6.92 Å². The predicted molar refractivity (Wildman–Crippen MR) is 104 cm³/mol. The second-order valence-electron chi connectivity index (χ2n) is 8.73. The predicted octanol–water partition coefficient (Wildman–Crippen LogP) is 4.12. The van der Waals surface area contributed by atoms with Gasteiger partial charge in [0.25, 0.3) is 0 Å². The Labute approximate surface area is 169 Å². The van der Waals surface area contributed by atoms with Gasteiger partial charge >= 0.3 is 6.09 Å². The van der Waals surface area contributed by atoms with Gasteiger partial charge < -0.3 is 9.64 Å². The maximum absolute atomic E-state index is 13.6. The van der Waals surface area contributed by atoms with Crippen LogP contribution in [0, 0.1) is 23.5 Å². The van der Waals surface area contributed by atoms with Crippen LogP contribution in [0.25, 0.3) is 0 Å². The van der Waals surface area contributed by atoms with E-state index >= 15 is 0 Å². The van der Waals surface area contributed by atoms with Crippen LogP contribution >= 0.6 is 0 Å². The van der Waals surface area contributed by atoms with Gasteiger partial charge in [0.05, 0.1) is 6.04 Å². The number of nitrogens with zero attached hydrogens (tertiary/aromatic N) is 3. The van der Waals surface area contributed by atoms with Crippen molar-refractivity contribution in [3.63, 3.8) is 0 Å². The van der Waals surface area contributed by atoms with Crippen molar-refractivity contribution < 1.29 is 23.1 Å². The third-order valence-corrected chi connectivity index (χ3v) is 5.20. The number of hydrazone groups is 1. The normalized spacial score (nSPS) is 24.7. The molecule has 0 aromatic heterocycles. The summed E-state index contributed by atoms with van der Waals surface area (Å²) in [5.41, 5.74) is -0.197. The molecule has 6 nitrogen and oxygen atoms in total. The molecule has 1 fully saturated rings. The number of rotatable bonds is 2. The Hall–Kier alpha value is -2.51. The van der Waals surface area contributed by atoms with Crippen LogP contribution in [0.15, 0.2) is 23.3 Å². The van der Waals surface area contributed by atoms with Crippen LogP contribution < -0.4 is 0 Å². The van der Waals surface area contributed by atoms with Crippen molar-refractivity contribution in [2.24, 2.45) is 16.9 Å². The molecule has 1 aromatic rings. The van der Waals surface area contributed by atoms with E-state index in [1.807, 2.05) is 27.7 Å². The summed E-state index contributed by atoms with van der Waals surface area (Å²) >= 11 is 0. The molecule has 2 amide bonds. The number of likely N-dealkylation sites (tertiary alicyclic amines) is 1. The fourth-order valence-corrected chi connectivity index (χ4v) is 3.85. The second kappa shape index (κ2) is 8.08. The van der Waals surface area contributed by atoms with Crippen molar-refractivity contribution in [1.82, 2.24) is 9.91 Å². The number of ether oxygens (including phenoxy) is 1.